The van der Waals surface area contributed by atoms with Gasteiger partial charge in [-0.05, 0) is 37.8 Å². The van der Waals surface area contributed by atoms with E-state index in [2.05, 4.69) is 9.97 Å². The monoisotopic (exact) mass is 372 g/mol. The van der Waals surface area contributed by atoms with Crippen LogP contribution in [-0.2, 0) is 0 Å². The van der Waals surface area contributed by atoms with Crippen molar-refractivity contribution < 1.29 is 14.5 Å². The van der Waals surface area contributed by atoms with Crippen molar-refractivity contribution in [3.63, 3.8) is 0 Å². The molecular formula is C17H20N6O4. The van der Waals surface area contributed by atoms with Crippen LogP contribution in [0.2, 0.25) is 0 Å². The second kappa shape index (κ2) is 7.96. The summed E-state index contributed by atoms with van der Waals surface area (Å²) < 4.78 is 5.75. The van der Waals surface area contributed by atoms with Gasteiger partial charge in [-0.3, -0.25) is 20.3 Å². The molecule has 27 heavy (non-hydrogen) atoms. The highest BCUT2D eigenvalue weighted by Crippen LogP contribution is 2.38. The number of nitrogen functional groups attached to an aromatic ring is 1. The predicted octanol–water partition coefficient (Wildman–Crippen LogP) is 2.08. The number of piperidine rings is 1. The number of nitrogens with zero attached hydrogens (tertiary/aromatic N) is 4. The van der Waals surface area contributed by atoms with Crippen LogP contribution in [0.25, 0.3) is 0 Å². The minimum atomic E-state index is -0.568. The number of rotatable bonds is 5. The SMILES string of the molecule is Cc1cccc(C(=O)NN)c1Oc1ncnc(N2CCCCC2)c1[N+](=O)[O-]. The Balaban J connectivity index is 2.06. The summed E-state index contributed by atoms with van der Waals surface area (Å²) in [6, 6.07) is 4.91. The molecule has 1 aromatic carbocycles. The first-order valence-electron chi connectivity index (χ1n) is 8.55. The zero-order chi connectivity index (χ0) is 19.4. The van der Waals surface area contributed by atoms with Gasteiger partial charge in [0.2, 0.25) is 5.82 Å². The van der Waals surface area contributed by atoms with E-state index in [9.17, 15) is 14.9 Å². The van der Waals surface area contributed by atoms with Gasteiger partial charge >= 0.3 is 11.6 Å². The van der Waals surface area contributed by atoms with Crippen LogP contribution >= 0.6 is 0 Å². The van der Waals surface area contributed by atoms with E-state index in [0.29, 0.717) is 18.7 Å². The number of hydrogen-bond donors (Lipinski definition) is 2. The van der Waals surface area contributed by atoms with Crippen molar-refractivity contribution in [2.24, 2.45) is 5.84 Å². The lowest BCUT2D eigenvalue weighted by molar-refractivity contribution is -0.385. The van der Waals surface area contributed by atoms with E-state index in [-0.39, 0.29) is 28.7 Å². The van der Waals surface area contributed by atoms with Gasteiger partial charge in [0, 0.05) is 13.1 Å². The van der Waals surface area contributed by atoms with Crippen molar-refractivity contribution in [3.05, 3.63) is 45.8 Å². The van der Waals surface area contributed by atoms with Gasteiger partial charge in [0.25, 0.3) is 5.91 Å². The Morgan fingerprint density at radius 2 is 2.04 bits per heavy atom. The first kappa shape index (κ1) is 18.5. The molecule has 2 aromatic rings. The molecule has 0 spiro atoms. The van der Waals surface area contributed by atoms with Crippen molar-refractivity contribution in [2.75, 3.05) is 18.0 Å². The number of nitrogens with one attached hydrogen (secondary N) is 1. The third-order valence-electron chi connectivity index (χ3n) is 4.39. The highest BCUT2D eigenvalue weighted by atomic mass is 16.6. The van der Waals surface area contributed by atoms with Gasteiger partial charge in [-0.15, -0.1) is 0 Å². The van der Waals surface area contributed by atoms with Crippen molar-refractivity contribution in [1.29, 1.82) is 0 Å². The fourth-order valence-electron chi connectivity index (χ4n) is 3.07. The molecule has 0 atom stereocenters. The molecule has 1 amide bonds. The maximum atomic E-state index is 12.0. The molecular weight excluding hydrogens is 352 g/mol. The molecule has 2 heterocycles. The first-order valence-corrected chi connectivity index (χ1v) is 8.55. The van der Waals surface area contributed by atoms with Gasteiger partial charge in [-0.2, -0.15) is 4.98 Å². The quantitative estimate of drug-likeness (QED) is 0.352. The smallest absolute Gasteiger partial charge is 0.373 e. The van der Waals surface area contributed by atoms with Crippen molar-refractivity contribution in [1.82, 2.24) is 15.4 Å². The van der Waals surface area contributed by atoms with E-state index in [1.807, 2.05) is 10.3 Å². The number of ether oxygens (including phenoxy) is 1. The predicted molar refractivity (Wildman–Crippen MR) is 97.7 cm³/mol. The zero-order valence-corrected chi connectivity index (χ0v) is 14.8. The topological polar surface area (TPSA) is 137 Å². The summed E-state index contributed by atoms with van der Waals surface area (Å²) in [6.07, 6.45) is 4.19. The lowest BCUT2D eigenvalue weighted by Gasteiger charge is -2.27. The Kier molecular flexibility index (Phi) is 5.46. The molecule has 1 aliphatic rings. The van der Waals surface area contributed by atoms with Gasteiger partial charge in [0.1, 0.15) is 12.1 Å². The number of nitrogens with two attached hydrogens (primary N) is 1. The van der Waals surface area contributed by atoms with Gasteiger partial charge in [-0.25, -0.2) is 10.8 Å². The van der Waals surface area contributed by atoms with Gasteiger partial charge < -0.3 is 9.64 Å². The highest BCUT2D eigenvalue weighted by Gasteiger charge is 2.30. The molecule has 1 fully saturated rings. The van der Waals surface area contributed by atoms with Crippen LogP contribution in [0.1, 0.15) is 35.2 Å². The number of aryl methyl sites for hydroxylation is 1. The van der Waals surface area contributed by atoms with E-state index < -0.39 is 10.8 Å². The molecule has 0 unspecified atom stereocenters. The molecule has 10 nitrogen and oxygen atoms in total. The Morgan fingerprint density at radius 3 is 2.70 bits per heavy atom. The summed E-state index contributed by atoms with van der Waals surface area (Å²) in [7, 11) is 0. The summed E-state index contributed by atoms with van der Waals surface area (Å²) in [5.41, 5.74) is 2.50. The standard InChI is InChI=1S/C17H20N6O4/c1-11-6-5-7-12(16(24)21-18)14(11)27-17-13(23(25)26)15(19-10-20-17)22-8-3-2-4-9-22/h5-7,10H,2-4,8-9,18H2,1H3,(H,21,24). The second-order valence-electron chi connectivity index (χ2n) is 6.18. The van der Waals surface area contributed by atoms with Crippen LogP contribution in [-0.4, -0.2) is 33.9 Å². The molecule has 3 N–H and O–H groups in total. The fourth-order valence-corrected chi connectivity index (χ4v) is 3.07. The first-order chi connectivity index (χ1) is 13.0. The highest BCUT2D eigenvalue weighted by molar-refractivity contribution is 5.97. The fraction of sp³-hybridized carbons (Fsp3) is 0.353. The van der Waals surface area contributed by atoms with Crippen molar-refractivity contribution in [2.45, 2.75) is 26.2 Å². The maximum Gasteiger partial charge on any atom is 0.373 e. The van der Waals surface area contributed by atoms with E-state index in [1.54, 1.807) is 19.1 Å². The number of benzene rings is 1. The molecule has 10 heteroatoms. The summed E-state index contributed by atoms with van der Waals surface area (Å²) in [4.78, 5) is 33.2. The molecule has 0 radical (unpaired) electrons. The Bertz CT molecular complexity index is 866. The van der Waals surface area contributed by atoms with E-state index in [1.165, 1.54) is 12.4 Å². The summed E-state index contributed by atoms with van der Waals surface area (Å²) >= 11 is 0. The van der Waals surface area contributed by atoms with E-state index >= 15 is 0 Å². The number of anilines is 1. The molecule has 3 rings (SSSR count). The number of carbonyl (C=O) groups excluding carboxylic acids is 1. The van der Waals surface area contributed by atoms with Gasteiger partial charge in [0.15, 0.2) is 0 Å². The van der Waals surface area contributed by atoms with E-state index in [0.717, 1.165) is 19.3 Å². The van der Waals surface area contributed by atoms with Crippen LogP contribution in [0.3, 0.4) is 0 Å². The molecule has 0 saturated carbocycles. The minimum absolute atomic E-state index is 0.157. The normalized spacial score (nSPS) is 13.9. The lowest BCUT2D eigenvalue weighted by Crippen LogP contribution is -2.31. The summed E-state index contributed by atoms with van der Waals surface area (Å²) in [5.74, 6) is 4.82. The number of aromatic nitrogens is 2. The lowest BCUT2D eigenvalue weighted by atomic mass is 10.1. The van der Waals surface area contributed by atoms with Crippen LogP contribution in [0.5, 0.6) is 11.6 Å². The van der Waals surface area contributed by atoms with Gasteiger partial charge in [0.05, 0.1) is 10.5 Å². The van der Waals surface area contributed by atoms with Crippen molar-refractivity contribution >= 4 is 17.4 Å². The summed E-state index contributed by atoms with van der Waals surface area (Å²) in [5, 5.41) is 11.8. The Morgan fingerprint density at radius 1 is 1.30 bits per heavy atom. The molecule has 1 aromatic heterocycles. The number of hydrazine groups is 1. The van der Waals surface area contributed by atoms with Crippen molar-refractivity contribution in [3.8, 4) is 11.6 Å². The third-order valence-corrected chi connectivity index (χ3v) is 4.39. The molecule has 0 aliphatic carbocycles. The molecule has 1 saturated heterocycles. The van der Waals surface area contributed by atoms with Crippen LogP contribution in [0.15, 0.2) is 24.5 Å². The van der Waals surface area contributed by atoms with Crippen LogP contribution < -0.4 is 20.9 Å². The summed E-state index contributed by atoms with van der Waals surface area (Å²) in [6.45, 7) is 3.09. The molecule has 1 aliphatic heterocycles. The van der Waals surface area contributed by atoms with E-state index in [4.69, 9.17) is 10.6 Å². The van der Waals surface area contributed by atoms with Crippen LogP contribution in [0, 0.1) is 17.0 Å². The zero-order valence-electron chi connectivity index (χ0n) is 14.8. The minimum Gasteiger partial charge on any atom is -0.432 e. The number of carbonyl (C=O) groups is 1. The Labute approximate surface area is 155 Å². The second-order valence-corrected chi connectivity index (χ2v) is 6.18. The maximum absolute atomic E-state index is 12.0. The molecule has 0 bridgehead atoms. The van der Waals surface area contributed by atoms with Gasteiger partial charge in [-0.1, -0.05) is 12.1 Å². The van der Waals surface area contributed by atoms with Crippen LogP contribution in [0.4, 0.5) is 11.5 Å². The third kappa shape index (κ3) is 3.80. The average molecular weight is 372 g/mol. The Hall–Kier alpha value is -3.27. The number of nitro groups is 1. The number of para-hydroxylation sites is 1. The largest absolute Gasteiger partial charge is 0.432 e. The number of hydrogen-bond acceptors (Lipinski definition) is 8. The molecule has 142 valence electrons. The number of amides is 1. The average Bonchev–Trinajstić information content (AvgIpc) is 2.69.